The molecule has 26 heavy (non-hydrogen) atoms. The van der Waals surface area contributed by atoms with Crippen LogP contribution in [0.5, 0.6) is 0 Å². The minimum absolute atomic E-state index is 0. The molecular weight excluding hydrogens is 388 g/mol. The van der Waals surface area contributed by atoms with Gasteiger partial charge in [0.2, 0.25) is 5.91 Å². The first-order valence-corrected chi connectivity index (χ1v) is 10.7. The second-order valence-electron chi connectivity index (χ2n) is 6.56. The highest BCUT2D eigenvalue weighted by Gasteiger charge is 2.23. The Hall–Kier alpha value is -0.890. The molecule has 0 saturated carbocycles. The first kappa shape index (κ1) is 21.4. The first-order valence-electron chi connectivity index (χ1n) is 8.92. The largest absolute Gasteiger partial charge is 0.342 e. The molecule has 1 N–H and O–H groups in total. The van der Waals surface area contributed by atoms with Crippen molar-refractivity contribution in [3.63, 3.8) is 0 Å². The zero-order valence-electron chi connectivity index (χ0n) is 15.6. The molecule has 144 valence electrons. The molecule has 1 amide bonds. The molecule has 0 aliphatic carbocycles. The summed E-state index contributed by atoms with van der Waals surface area (Å²) in [7, 11) is 0. The Labute approximate surface area is 169 Å². The van der Waals surface area contributed by atoms with E-state index in [9.17, 15) is 4.79 Å². The Kier molecular flexibility index (Phi) is 8.13. The van der Waals surface area contributed by atoms with Crippen LogP contribution in [0.15, 0.2) is 11.4 Å². The summed E-state index contributed by atoms with van der Waals surface area (Å²) in [4.78, 5) is 25.7. The highest BCUT2D eigenvalue weighted by atomic mass is 35.5. The lowest BCUT2D eigenvalue weighted by Crippen LogP contribution is -2.41. The van der Waals surface area contributed by atoms with Crippen molar-refractivity contribution in [2.45, 2.75) is 38.6 Å². The number of carbonyl (C=O) groups excluding carboxylic acids is 1. The third-order valence-corrected chi connectivity index (χ3v) is 7.00. The van der Waals surface area contributed by atoms with Gasteiger partial charge in [0.25, 0.3) is 0 Å². The van der Waals surface area contributed by atoms with Crippen molar-refractivity contribution in [1.29, 1.82) is 0 Å². The highest BCUT2D eigenvalue weighted by molar-refractivity contribution is 8.00. The summed E-state index contributed by atoms with van der Waals surface area (Å²) in [5.74, 6) is 1.39. The Morgan fingerprint density at radius 1 is 1.35 bits per heavy atom. The van der Waals surface area contributed by atoms with Gasteiger partial charge in [-0.25, -0.2) is 9.97 Å². The molecule has 3 heterocycles. The zero-order chi connectivity index (χ0) is 17.8. The van der Waals surface area contributed by atoms with Crippen LogP contribution in [-0.2, 0) is 4.79 Å². The number of nitrogens with one attached hydrogen (secondary N) is 1. The second kappa shape index (κ2) is 9.88. The van der Waals surface area contributed by atoms with Crippen molar-refractivity contribution in [3.05, 3.63) is 16.8 Å². The van der Waals surface area contributed by atoms with Gasteiger partial charge in [-0.15, -0.1) is 23.7 Å². The molecule has 1 aliphatic rings. The molecule has 1 saturated heterocycles. The molecule has 1 aliphatic heterocycles. The summed E-state index contributed by atoms with van der Waals surface area (Å²) in [5.41, 5.74) is 1.24. The number of likely N-dealkylation sites (tertiary alicyclic amines) is 1. The third-order valence-electron chi connectivity index (χ3n) is 4.91. The number of aromatic nitrogens is 2. The van der Waals surface area contributed by atoms with Crippen LogP contribution in [0.3, 0.4) is 0 Å². The quantitative estimate of drug-likeness (QED) is 0.577. The van der Waals surface area contributed by atoms with Crippen molar-refractivity contribution in [2.24, 2.45) is 5.92 Å². The van der Waals surface area contributed by atoms with Gasteiger partial charge in [0.15, 0.2) is 0 Å². The number of aryl methyl sites for hydroxylation is 2. The van der Waals surface area contributed by atoms with E-state index in [4.69, 9.17) is 0 Å². The van der Waals surface area contributed by atoms with Crippen LogP contribution in [0, 0.1) is 19.8 Å². The molecule has 2 aromatic rings. The molecule has 5 nitrogen and oxygen atoms in total. The topological polar surface area (TPSA) is 58.1 Å². The Morgan fingerprint density at radius 2 is 2.08 bits per heavy atom. The van der Waals surface area contributed by atoms with Gasteiger partial charge in [-0.05, 0) is 51.3 Å². The van der Waals surface area contributed by atoms with E-state index in [1.165, 1.54) is 10.4 Å². The molecule has 1 fully saturated rings. The fourth-order valence-corrected chi connectivity index (χ4v) is 5.24. The van der Waals surface area contributed by atoms with E-state index in [1.807, 2.05) is 4.90 Å². The van der Waals surface area contributed by atoms with Gasteiger partial charge in [-0.1, -0.05) is 18.7 Å². The molecule has 0 spiro atoms. The van der Waals surface area contributed by atoms with Gasteiger partial charge < -0.3 is 10.2 Å². The number of halogens is 1. The normalized spacial score (nSPS) is 15.3. The Balaban J connectivity index is 0.00000243. The molecule has 0 unspecified atom stereocenters. The van der Waals surface area contributed by atoms with Crippen molar-refractivity contribution >= 4 is 51.6 Å². The van der Waals surface area contributed by atoms with Gasteiger partial charge in [-0.2, -0.15) is 0 Å². The van der Waals surface area contributed by atoms with Gasteiger partial charge in [0.05, 0.1) is 5.75 Å². The molecule has 0 bridgehead atoms. The maximum atomic E-state index is 12.6. The number of hydrogen-bond acceptors (Lipinski definition) is 6. The van der Waals surface area contributed by atoms with E-state index in [1.54, 1.807) is 29.4 Å². The predicted octanol–water partition coefficient (Wildman–Crippen LogP) is 3.67. The predicted molar refractivity (Wildman–Crippen MR) is 113 cm³/mol. The van der Waals surface area contributed by atoms with Crippen molar-refractivity contribution < 1.29 is 4.79 Å². The molecule has 0 atom stereocenters. The SMILES string of the molecule is CCNCC1CCN(C(=O)CSc2ncnc3sc(C)c(C)c23)CC1.Cl. The van der Waals surface area contributed by atoms with Gasteiger partial charge in [-0.3, -0.25) is 4.79 Å². The number of amides is 1. The number of rotatable bonds is 6. The maximum absolute atomic E-state index is 12.6. The van der Waals surface area contributed by atoms with E-state index < -0.39 is 0 Å². The Bertz CT molecular complexity index is 744. The van der Waals surface area contributed by atoms with Crippen LogP contribution >= 0.6 is 35.5 Å². The van der Waals surface area contributed by atoms with Crippen LogP contribution < -0.4 is 5.32 Å². The zero-order valence-corrected chi connectivity index (χ0v) is 18.0. The lowest BCUT2D eigenvalue weighted by molar-refractivity contribution is -0.129. The average Bonchev–Trinajstić information content (AvgIpc) is 2.93. The fraction of sp³-hybridized carbons (Fsp3) is 0.611. The third kappa shape index (κ3) is 4.88. The molecule has 0 aromatic carbocycles. The number of nitrogens with zero attached hydrogens (tertiary/aromatic N) is 3. The first-order chi connectivity index (χ1) is 12.1. The van der Waals surface area contributed by atoms with Gasteiger partial charge in [0.1, 0.15) is 16.2 Å². The monoisotopic (exact) mass is 414 g/mol. The minimum atomic E-state index is 0. The standard InChI is InChI=1S/C18H26N4OS2.ClH/c1-4-19-9-14-5-7-22(8-6-14)15(23)10-24-17-16-12(2)13(3)25-18(16)21-11-20-17;/h11,14,19H,4-10H2,1-3H3;1H. The van der Waals surface area contributed by atoms with Crippen LogP contribution in [-0.4, -0.2) is 52.7 Å². The van der Waals surface area contributed by atoms with Gasteiger partial charge in [0, 0.05) is 23.4 Å². The number of thiophene rings is 1. The number of fused-ring (bicyclic) bond motifs is 1. The highest BCUT2D eigenvalue weighted by Crippen LogP contribution is 2.34. The van der Waals surface area contributed by atoms with Gasteiger partial charge >= 0.3 is 0 Å². The van der Waals surface area contributed by atoms with Crippen molar-refractivity contribution in [2.75, 3.05) is 31.9 Å². The summed E-state index contributed by atoms with van der Waals surface area (Å²) in [6.07, 6.45) is 3.81. The van der Waals surface area contributed by atoms with E-state index in [-0.39, 0.29) is 18.3 Å². The maximum Gasteiger partial charge on any atom is 0.232 e. The molecule has 2 aromatic heterocycles. The number of hydrogen-bond donors (Lipinski definition) is 1. The van der Waals surface area contributed by atoms with Crippen LogP contribution in [0.2, 0.25) is 0 Å². The van der Waals surface area contributed by atoms with E-state index in [0.717, 1.165) is 54.3 Å². The van der Waals surface area contributed by atoms with Crippen molar-refractivity contribution in [3.8, 4) is 0 Å². The molecule has 0 radical (unpaired) electrons. The molecule has 8 heteroatoms. The summed E-state index contributed by atoms with van der Waals surface area (Å²) in [6.45, 7) is 10.2. The van der Waals surface area contributed by atoms with Crippen LogP contribution in [0.1, 0.15) is 30.2 Å². The summed E-state index contributed by atoms with van der Waals surface area (Å²) >= 11 is 3.24. The van der Waals surface area contributed by atoms with Crippen LogP contribution in [0.4, 0.5) is 0 Å². The summed E-state index contributed by atoms with van der Waals surface area (Å²) < 4.78 is 0. The molecule has 3 rings (SSSR count). The summed E-state index contributed by atoms with van der Waals surface area (Å²) in [6, 6.07) is 0. The second-order valence-corrected chi connectivity index (χ2v) is 8.73. The fourth-order valence-electron chi connectivity index (χ4n) is 3.22. The minimum Gasteiger partial charge on any atom is -0.342 e. The average molecular weight is 415 g/mol. The lowest BCUT2D eigenvalue weighted by Gasteiger charge is -2.32. The van der Waals surface area contributed by atoms with E-state index in [0.29, 0.717) is 11.7 Å². The van der Waals surface area contributed by atoms with Crippen molar-refractivity contribution in [1.82, 2.24) is 20.2 Å². The van der Waals surface area contributed by atoms with Crippen LogP contribution in [0.25, 0.3) is 10.2 Å². The Morgan fingerprint density at radius 3 is 2.77 bits per heavy atom. The van der Waals surface area contributed by atoms with E-state index >= 15 is 0 Å². The number of carbonyl (C=O) groups is 1. The number of piperidine rings is 1. The van der Waals surface area contributed by atoms with E-state index in [2.05, 4.69) is 36.1 Å². The number of thioether (sulfide) groups is 1. The molecular formula is C18H27ClN4OS2. The summed E-state index contributed by atoms with van der Waals surface area (Å²) in [5, 5.41) is 5.46. The lowest BCUT2D eigenvalue weighted by atomic mass is 9.97. The smallest absolute Gasteiger partial charge is 0.232 e.